The molecular formula is C15H15NOS. The Morgan fingerprint density at radius 2 is 1.78 bits per heavy atom. The Hall–Kier alpha value is -1.61. The van der Waals surface area contributed by atoms with E-state index in [0.717, 1.165) is 5.75 Å². The van der Waals surface area contributed by atoms with Crippen molar-refractivity contribution in [1.82, 2.24) is 0 Å². The monoisotopic (exact) mass is 257 g/mol. The molecule has 92 valence electrons. The van der Waals surface area contributed by atoms with Crippen molar-refractivity contribution in [3.05, 3.63) is 54.1 Å². The molecule has 0 spiro atoms. The number of fused-ring (bicyclic) bond motifs is 1. The van der Waals surface area contributed by atoms with E-state index in [9.17, 15) is 0 Å². The van der Waals surface area contributed by atoms with Gasteiger partial charge in [-0.15, -0.1) is 0 Å². The van der Waals surface area contributed by atoms with Gasteiger partial charge in [-0.2, -0.15) is 0 Å². The number of para-hydroxylation sites is 1. The van der Waals surface area contributed by atoms with Crippen LogP contribution in [0.3, 0.4) is 0 Å². The van der Waals surface area contributed by atoms with Gasteiger partial charge in [0.15, 0.2) is 0 Å². The molecule has 0 radical (unpaired) electrons. The molecule has 18 heavy (non-hydrogen) atoms. The number of hydrogen-bond acceptors (Lipinski definition) is 3. The first-order valence-corrected chi connectivity index (χ1v) is 6.84. The van der Waals surface area contributed by atoms with Crippen molar-refractivity contribution >= 4 is 17.4 Å². The molecule has 1 heterocycles. The molecule has 3 rings (SSSR count). The van der Waals surface area contributed by atoms with Gasteiger partial charge in [-0.3, -0.25) is 0 Å². The molecule has 0 amide bonds. The molecule has 1 unspecified atom stereocenters. The average molecular weight is 257 g/mol. The highest BCUT2D eigenvalue weighted by atomic mass is 32.2. The van der Waals surface area contributed by atoms with E-state index in [1.54, 1.807) is 11.8 Å². The number of benzene rings is 2. The second kappa shape index (κ2) is 4.58. The summed E-state index contributed by atoms with van der Waals surface area (Å²) in [7, 11) is 2.07. The average Bonchev–Trinajstić information content (AvgIpc) is 2.70. The van der Waals surface area contributed by atoms with Gasteiger partial charge in [-0.05, 0) is 31.2 Å². The van der Waals surface area contributed by atoms with Crippen molar-refractivity contribution in [3.63, 3.8) is 0 Å². The number of ether oxygens (including phenoxy) is 1. The van der Waals surface area contributed by atoms with Crippen LogP contribution in [0.2, 0.25) is 0 Å². The highest BCUT2D eigenvalue weighted by molar-refractivity contribution is 8.00. The minimum absolute atomic E-state index is 0.0186. The standard InChI is InChI=1S/C15H15NOS/c1-11-7-9-12(10-8-11)17-15-16(2)13-5-3-4-6-14(13)18-15/h3-10,15H,1-2H3. The molecule has 0 saturated carbocycles. The van der Waals surface area contributed by atoms with Gasteiger partial charge in [-0.25, -0.2) is 0 Å². The topological polar surface area (TPSA) is 12.5 Å². The SMILES string of the molecule is Cc1ccc(OC2Sc3ccccc3N2C)cc1. The Kier molecular flexibility index (Phi) is 2.92. The summed E-state index contributed by atoms with van der Waals surface area (Å²) >= 11 is 1.75. The Morgan fingerprint density at radius 1 is 1.06 bits per heavy atom. The van der Waals surface area contributed by atoms with Crippen LogP contribution in [0.25, 0.3) is 0 Å². The first-order valence-electron chi connectivity index (χ1n) is 5.96. The van der Waals surface area contributed by atoms with Crippen LogP contribution in [0.15, 0.2) is 53.4 Å². The first kappa shape index (κ1) is 11.5. The van der Waals surface area contributed by atoms with Crippen LogP contribution in [0.5, 0.6) is 5.75 Å². The van der Waals surface area contributed by atoms with Gasteiger partial charge in [0, 0.05) is 11.9 Å². The Bertz CT molecular complexity index is 553. The molecule has 0 fully saturated rings. The molecule has 0 N–H and O–H groups in total. The predicted molar refractivity (Wildman–Crippen MR) is 76.3 cm³/mol. The third-order valence-electron chi connectivity index (χ3n) is 3.05. The number of nitrogens with zero attached hydrogens (tertiary/aromatic N) is 1. The van der Waals surface area contributed by atoms with Gasteiger partial charge in [-0.1, -0.05) is 41.6 Å². The summed E-state index contributed by atoms with van der Waals surface area (Å²) in [6, 6.07) is 16.6. The van der Waals surface area contributed by atoms with E-state index in [-0.39, 0.29) is 5.56 Å². The van der Waals surface area contributed by atoms with E-state index < -0.39 is 0 Å². The zero-order chi connectivity index (χ0) is 12.5. The molecule has 1 atom stereocenters. The lowest BCUT2D eigenvalue weighted by molar-refractivity contribution is 0.291. The van der Waals surface area contributed by atoms with Crippen LogP contribution in [0.4, 0.5) is 5.69 Å². The molecule has 0 bridgehead atoms. The van der Waals surface area contributed by atoms with Gasteiger partial charge in [0.2, 0.25) is 5.56 Å². The number of rotatable bonds is 2. The van der Waals surface area contributed by atoms with Gasteiger partial charge in [0.1, 0.15) is 5.75 Å². The van der Waals surface area contributed by atoms with Crippen molar-refractivity contribution in [3.8, 4) is 5.75 Å². The fourth-order valence-corrected chi connectivity index (χ4v) is 3.12. The lowest BCUT2D eigenvalue weighted by Gasteiger charge is -2.22. The zero-order valence-corrected chi connectivity index (χ0v) is 11.3. The summed E-state index contributed by atoms with van der Waals surface area (Å²) in [5, 5.41) is 0. The number of hydrogen-bond donors (Lipinski definition) is 0. The summed E-state index contributed by atoms with van der Waals surface area (Å²) in [6.07, 6.45) is 0. The Labute approximate surface area is 112 Å². The summed E-state index contributed by atoms with van der Waals surface area (Å²) in [6.45, 7) is 2.08. The van der Waals surface area contributed by atoms with E-state index in [1.165, 1.54) is 16.1 Å². The quantitative estimate of drug-likeness (QED) is 0.809. The molecule has 0 saturated heterocycles. The minimum atomic E-state index is 0.0186. The second-order valence-electron chi connectivity index (χ2n) is 4.43. The molecule has 0 aliphatic carbocycles. The maximum atomic E-state index is 6.01. The third-order valence-corrected chi connectivity index (χ3v) is 4.26. The van der Waals surface area contributed by atoms with Gasteiger partial charge in [0.05, 0.1) is 5.69 Å². The number of thioether (sulfide) groups is 1. The lowest BCUT2D eigenvalue weighted by atomic mass is 10.2. The van der Waals surface area contributed by atoms with Gasteiger partial charge in [0.25, 0.3) is 0 Å². The molecular weight excluding hydrogens is 242 g/mol. The van der Waals surface area contributed by atoms with Crippen molar-refractivity contribution in [2.24, 2.45) is 0 Å². The number of aryl methyl sites for hydroxylation is 1. The zero-order valence-electron chi connectivity index (χ0n) is 10.5. The summed E-state index contributed by atoms with van der Waals surface area (Å²) in [5.41, 5.74) is 2.50. The molecule has 0 aromatic heterocycles. The van der Waals surface area contributed by atoms with E-state index in [1.807, 2.05) is 12.1 Å². The predicted octanol–water partition coefficient (Wildman–Crippen LogP) is 3.90. The second-order valence-corrected chi connectivity index (χ2v) is 5.51. The number of anilines is 1. The van der Waals surface area contributed by atoms with Crippen LogP contribution < -0.4 is 9.64 Å². The van der Waals surface area contributed by atoms with Crippen LogP contribution in [0.1, 0.15) is 5.56 Å². The van der Waals surface area contributed by atoms with Crippen molar-refractivity contribution < 1.29 is 4.74 Å². The molecule has 1 aliphatic heterocycles. The molecule has 2 nitrogen and oxygen atoms in total. The van der Waals surface area contributed by atoms with Gasteiger partial charge >= 0.3 is 0 Å². The van der Waals surface area contributed by atoms with Crippen molar-refractivity contribution in [2.75, 3.05) is 11.9 Å². The normalized spacial score (nSPS) is 17.7. The third kappa shape index (κ3) is 2.06. The molecule has 1 aliphatic rings. The van der Waals surface area contributed by atoms with E-state index in [2.05, 4.69) is 55.3 Å². The highest BCUT2D eigenvalue weighted by Gasteiger charge is 2.28. The maximum absolute atomic E-state index is 6.01. The van der Waals surface area contributed by atoms with E-state index >= 15 is 0 Å². The largest absolute Gasteiger partial charge is 0.461 e. The fraction of sp³-hybridized carbons (Fsp3) is 0.200. The Balaban J connectivity index is 1.78. The van der Waals surface area contributed by atoms with Crippen LogP contribution in [-0.2, 0) is 0 Å². The van der Waals surface area contributed by atoms with Crippen molar-refractivity contribution in [1.29, 1.82) is 0 Å². The fourth-order valence-electron chi connectivity index (χ4n) is 1.99. The van der Waals surface area contributed by atoms with Crippen LogP contribution >= 0.6 is 11.8 Å². The van der Waals surface area contributed by atoms with E-state index in [0.29, 0.717) is 0 Å². The molecule has 2 aromatic carbocycles. The van der Waals surface area contributed by atoms with Gasteiger partial charge < -0.3 is 9.64 Å². The van der Waals surface area contributed by atoms with E-state index in [4.69, 9.17) is 4.74 Å². The molecule has 2 aromatic rings. The summed E-state index contributed by atoms with van der Waals surface area (Å²) in [4.78, 5) is 3.44. The summed E-state index contributed by atoms with van der Waals surface area (Å²) in [5.74, 6) is 0.915. The lowest BCUT2D eigenvalue weighted by Crippen LogP contribution is -2.29. The minimum Gasteiger partial charge on any atom is -0.461 e. The summed E-state index contributed by atoms with van der Waals surface area (Å²) < 4.78 is 6.01. The molecule has 3 heteroatoms. The highest BCUT2D eigenvalue weighted by Crippen LogP contribution is 2.42. The van der Waals surface area contributed by atoms with Crippen LogP contribution in [-0.4, -0.2) is 12.6 Å². The smallest absolute Gasteiger partial charge is 0.225 e. The van der Waals surface area contributed by atoms with Crippen LogP contribution in [0, 0.1) is 6.92 Å². The first-order chi connectivity index (χ1) is 8.74. The van der Waals surface area contributed by atoms with Crippen molar-refractivity contribution in [2.45, 2.75) is 17.4 Å². The Morgan fingerprint density at radius 3 is 2.50 bits per heavy atom. The maximum Gasteiger partial charge on any atom is 0.225 e.